The van der Waals surface area contributed by atoms with Crippen LogP contribution in [0.2, 0.25) is 0 Å². The molecule has 2 heterocycles. The van der Waals surface area contributed by atoms with E-state index in [2.05, 4.69) is 15.5 Å². The van der Waals surface area contributed by atoms with Crippen molar-refractivity contribution < 1.29 is 14.4 Å². The molecule has 19 heavy (non-hydrogen) atoms. The second kappa shape index (κ2) is 4.31. The highest BCUT2D eigenvalue weighted by molar-refractivity contribution is 6.04. The molecular formula is C13H11N3O3. The number of fused-ring (bicyclic) bond motifs is 1. The predicted molar refractivity (Wildman–Crippen MR) is 66.6 cm³/mol. The number of nitrogens with zero attached hydrogens (tertiary/aromatic N) is 1. The first-order valence-electron chi connectivity index (χ1n) is 5.95. The topological polar surface area (TPSA) is 91.9 Å². The zero-order valence-corrected chi connectivity index (χ0v) is 9.97. The van der Waals surface area contributed by atoms with E-state index < -0.39 is 0 Å². The molecule has 0 spiro atoms. The normalized spacial score (nSPS) is 19.5. The van der Waals surface area contributed by atoms with E-state index in [1.54, 1.807) is 18.3 Å². The molecule has 0 bridgehead atoms. The van der Waals surface area contributed by atoms with Crippen molar-refractivity contribution >= 4 is 29.0 Å². The van der Waals surface area contributed by atoms with Gasteiger partial charge in [-0.3, -0.25) is 24.8 Å². The Morgan fingerprint density at radius 1 is 1.32 bits per heavy atom. The quantitative estimate of drug-likeness (QED) is 0.617. The van der Waals surface area contributed by atoms with Crippen molar-refractivity contribution in [2.24, 2.45) is 0 Å². The van der Waals surface area contributed by atoms with Gasteiger partial charge in [-0.1, -0.05) is 12.1 Å². The van der Waals surface area contributed by atoms with E-state index in [4.69, 9.17) is 0 Å². The van der Waals surface area contributed by atoms with E-state index in [0.29, 0.717) is 29.3 Å². The van der Waals surface area contributed by atoms with Crippen molar-refractivity contribution in [1.29, 1.82) is 0 Å². The molecule has 0 radical (unpaired) electrons. The van der Waals surface area contributed by atoms with Crippen LogP contribution in [0.3, 0.4) is 0 Å². The van der Waals surface area contributed by atoms with E-state index >= 15 is 0 Å². The van der Waals surface area contributed by atoms with Crippen LogP contribution in [0.25, 0.3) is 10.9 Å². The highest BCUT2D eigenvalue weighted by Gasteiger charge is 2.29. The second-order valence-electron chi connectivity index (χ2n) is 4.52. The average Bonchev–Trinajstić information content (AvgIpc) is 2.87. The minimum Gasteiger partial charge on any atom is -0.298 e. The van der Waals surface area contributed by atoms with Gasteiger partial charge in [-0.05, 0) is 12.0 Å². The number of amides is 2. The van der Waals surface area contributed by atoms with Gasteiger partial charge in [0.05, 0.1) is 17.6 Å². The summed E-state index contributed by atoms with van der Waals surface area (Å²) in [5.41, 5.74) is 1.97. The summed E-state index contributed by atoms with van der Waals surface area (Å²) in [6.45, 7) is 0. The number of rotatable bonds is 2. The monoisotopic (exact) mass is 257 g/mol. The number of carbonyl (C=O) groups excluding carboxylic acids is 3. The van der Waals surface area contributed by atoms with Crippen molar-refractivity contribution in [2.75, 3.05) is 0 Å². The maximum Gasteiger partial charge on any atom is 0.234 e. The van der Waals surface area contributed by atoms with Crippen molar-refractivity contribution in [1.82, 2.24) is 15.5 Å². The van der Waals surface area contributed by atoms with Crippen molar-refractivity contribution in [2.45, 2.75) is 18.8 Å². The summed E-state index contributed by atoms with van der Waals surface area (Å²) in [6, 6.07) is 3.41. The fourth-order valence-electron chi connectivity index (χ4n) is 2.46. The van der Waals surface area contributed by atoms with Crippen LogP contribution in [0, 0.1) is 0 Å². The van der Waals surface area contributed by atoms with Gasteiger partial charge in [0, 0.05) is 17.4 Å². The Hall–Kier alpha value is -2.50. The van der Waals surface area contributed by atoms with Gasteiger partial charge in [0.2, 0.25) is 11.8 Å². The Morgan fingerprint density at radius 2 is 2.16 bits per heavy atom. The molecular weight excluding hydrogens is 246 g/mol. The Morgan fingerprint density at radius 3 is 2.89 bits per heavy atom. The fraction of sp³-hybridized carbons (Fsp3) is 0.231. The van der Waals surface area contributed by atoms with E-state index in [9.17, 15) is 14.4 Å². The molecule has 1 fully saturated rings. The number of hydrogen-bond donors (Lipinski definition) is 2. The molecule has 0 saturated carbocycles. The summed E-state index contributed by atoms with van der Waals surface area (Å²) in [7, 11) is 0. The Balaban J connectivity index is 2.11. The van der Waals surface area contributed by atoms with Crippen molar-refractivity contribution in [3.8, 4) is 0 Å². The Kier molecular flexibility index (Phi) is 2.63. The third-order valence-corrected chi connectivity index (χ3v) is 3.42. The first-order valence-corrected chi connectivity index (χ1v) is 5.95. The summed E-state index contributed by atoms with van der Waals surface area (Å²) < 4.78 is 0. The Labute approximate surface area is 108 Å². The molecule has 2 N–H and O–H groups in total. The van der Waals surface area contributed by atoms with Gasteiger partial charge in [-0.2, -0.15) is 5.10 Å². The Bertz CT molecular complexity index is 689. The zero-order chi connectivity index (χ0) is 13.4. The van der Waals surface area contributed by atoms with Crippen molar-refractivity contribution in [3.05, 3.63) is 29.5 Å². The van der Waals surface area contributed by atoms with Gasteiger partial charge in [0.25, 0.3) is 0 Å². The molecule has 2 amide bonds. The highest BCUT2D eigenvalue weighted by atomic mass is 16.2. The third-order valence-electron chi connectivity index (χ3n) is 3.42. The van der Waals surface area contributed by atoms with Crippen molar-refractivity contribution in [3.63, 3.8) is 0 Å². The van der Waals surface area contributed by atoms with Gasteiger partial charge in [0.15, 0.2) is 6.29 Å². The first kappa shape index (κ1) is 11.6. The molecule has 1 aliphatic heterocycles. The fourth-order valence-corrected chi connectivity index (χ4v) is 2.46. The molecule has 1 aromatic heterocycles. The van der Waals surface area contributed by atoms with Gasteiger partial charge < -0.3 is 0 Å². The summed E-state index contributed by atoms with van der Waals surface area (Å²) in [4.78, 5) is 34.0. The molecule has 96 valence electrons. The van der Waals surface area contributed by atoms with Crippen LogP contribution in [0.1, 0.15) is 34.7 Å². The van der Waals surface area contributed by atoms with Gasteiger partial charge in [0.1, 0.15) is 0 Å². The summed E-state index contributed by atoms with van der Waals surface area (Å²) >= 11 is 0. The first-order chi connectivity index (χ1) is 9.20. The zero-order valence-electron chi connectivity index (χ0n) is 9.97. The number of benzene rings is 1. The molecule has 0 aliphatic carbocycles. The van der Waals surface area contributed by atoms with E-state index in [1.807, 2.05) is 0 Å². The van der Waals surface area contributed by atoms with Crippen LogP contribution < -0.4 is 5.32 Å². The number of aldehydes is 1. The summed E-state index contributed by atoms with van der Waals surface area (Å²) in [6.07, 6.45) is 3.11. The predicted octanol–water partition coefficient (Wildman–Crippen LogP) is 0.896. The summed E-state index contributed by atoms with van der Waals surface area (Å²) in [5, 5.41) is 9.76. The van der Waals surface area contributed by atoms with Crippen LogP contribution >= 0.6 is 0 Å². The third kappa shape index (κ3) is 1.81. The number of H-pyrrole nitrogens is 1. The molecule has 1 aromatic carbocycles. The molecule has 2 aromatic rings. The van der Waals surface area contributed by atoms with E-state index in [0.717, 1.165) is 11.8 Å². The molecule has 6 heteroatoms. The lowest BCUT2D eigenvalue weighted by Crippen LogP contribution is -2.39. The van der Waals surface area contributed by atoms with Crippen LogP contribution in [-0.2, 0) is 9.59 Å². The summed E-state index contributed by atoms with van der Waals surface area (Å²) in [5.74, 6) is -0.932. The van der Waals surface area contributed by atoms with Crippen LogP contribution in [0.5, 0.6) is 0 Å². The van der Waals surface area contributed by atoms with Crippen LogP contribution in [0.4, 0.5) is 0 Å². The lowest BCUT2D eigenvalue weighted by Gasteiger charge is -2.21. The largest absolute Gasteiger partial charge is 0.298 e. The average molecular weight is 257 g/mol. The van der Waals surface area contributed by atoms with E-state index in [-0.39, 0.29) is 17.7 Å². The highest BCUT2D eigenvalue weighted by Crippen LogP contribution is 2.30. The maximum absolute atomic E-state index is 11.9. The van der Waals surface area contributed by atoms with Crippen LogP contribution in [0.15, 0.2) is 18.3 Å². The van der Waals surface area contributed by atoms with Gasteiger partial charge in [-0.25, -0.2) is 0 Å². The molecule has 3 rings (SSSR count). The van der Waals surface area contributed by atoms with Crippen LogP contribution in [-0.4, -0.2) is 28.3 Å². The number of carbonyl (C=O) groups is 3. The van der Waals surface area contributed by atoms with E-state index in [1.165, 1.54) is 0 Å². The molecule has 1 saturated heterocycles. The number of aromatic nitrogens is 2. The minimum atomic E-state index is -0.388. The lowest BCUT2D eigenvalue weighted by atomic mass is 9.88. The number of nitrogens with one attached hydrogen (secondary N) is 2. The smallest absolute Gasteiger partial charge is 0.234 e. The van der Waals surface area contributed by atoms with Gasteiger partial charge >= 0.3 is 0 Å². The van der Waals surface area contributed by atoms with Gasteiger partial charge in [-0.15, -0.1) is 0 Å². The molecule has 6 nitrogen and oxygen atoms in total. The number of piperidine rings is 1. The molecule has 1 atom stereocenters. The standard InChI is InChI=1S/C13H11N3O3/c17-6-7-1-2-8(12-10(7)5-14-16-12)9-3-4-11(18)15-13(9)19/h1-2,5-6,9H,3-4H2,(H,14,16)(H,15,18,19). The molecule has 1 unspecified atom stereocenters. The number of aromatic amines is 1. The number of imide groups is 1. The SMILES string of the molecule is O=Cc1ccc(C2CCC(=O)NC2=O)c2[nH]ncc12. The molecule has 1 aliphatic rings. The minimum absolute atomic E-state index is 0.244. The lowest BCUT2D eigenvalue weighted by molar-refractivity contribution is -0.134. The maximum atomic E-state index is 11.9. The number of hydrogen-bond acceptors (Lipinski definition) is 4. The second-order valence-corrected chi connectivity index (χ2v) is 4.52.